The lowest BCUT2D eigenvalue weighted by Crippen LogP contribution is -3.00. The van der Waals surface area contributed by atoms with Gasteiger partial charge in [-0.3, -0.25) is 4.79 Å². The van der Waals surface area contributed by atoms with Gasteiger partial charge in [-0.15, -0.1) is 0 Å². The first-order valence-electron chi connectivity index (χ1n) is 5.70. The Labute approximate surface area is 138 Å². The highest BCUT2D eigenvalue weighted by atomic mass is 127. The second-order valence-corrected chi connectivity index (χ2v) is 3.63. The molecule has 0 aliphatic rings. The first kappa shape index (κ1) is 19.0. The van der Waals surface area contributed by atoms with E-state index in [1.807, 2.05) is 0 Å². The number of hydrogen-bond acceptors (Lipinski definition) is 5. The molecule has 0 unspecified atom stereocenters. The van der Waals surface area contributed by atoms with E-state index in [-0.39, 0.29) is 36.6 Å². The molecule has 0 saturated carbocycles. The molecule has 1 aromatic rings. The van der Waals surface area contributed by atoms with E-state index in [4.69, 9.17) is 4.74 Å². The zero-order chi connectivity index (χ0) is 15.0. The van der Waals surface area contributed by atoms with Crippen LogP contribution in [0.2, 0.25) is 0 Å². The molecule has 7 nitrogen and oxygen atoms in total. The monoisotopic (exact) mass is 406 g/mol. The lowest BCUT2D eigenvalue weighted by molar-refractivity contribution is -0.727. The van der Waals surface area contributed by atoms with Crippen LogP contribution in [0, 0.1) is 0 Å². The number of aromatic nitrogens is 1. The number of ether oxygens (including phenoxy) is 2. The summed E-state index contributed by atoms with van der Waals surface area (Å²) < 4.78 is 10.7. The van der Waals surface area contributed by atoms with Gasteiger partial charge in [0.25, 0.3) is 12.6 Å². The van der Waals surface area contributed by atoms with Gasteiger partial charge < -0.3 is 38.8 Å². The third kappa shape index (κ3) is 6.84. The van der Waals surface area contributed by atoms with Crippen molar-refractivity contribution in [1.29, 1.82) is 0 Å². The fraction of sp³-hybridized carbons (Fsp3) is 0.231. The van der Waals surface area contributed by atoms with Gasteiger partial charge in [-0.2, -0.15) is 4.57 Å². The van der Waals surface area contributed by atoms with Crippen LogP contribution in [-0.4, -0.2) is 32.0 Å². The maximum atomic E-state index is 11.4. The van der Waals surface area contributed by atoms with Crippen LogP contribution in [0.15, 0.2) is 36.7 Å². The lowest BCUT2D eigenvalue weighted by atomic mass is 10.3. The van der Waals surface area contributed by atoms with Gasteiger partial charge in [0.05, 0.1) is 7.11 Å². The van der Waals surface area contributed by atoms with E-state index in [1.165, 1.54) is 24.9 Å². The van der Waals surface area contributed by atoms with Gasteiger partial charge in [0.1, 0.15) is 5.56 Å². The number of pyridine rings is 1. The third-order valence-corrected chi connectivity index (χ3v) is 2.26. The summed E-state index contributed by atoms with van der Waals surface area (Å²) in [6, 6.07) is 3.29. The molecule has 0 aromatic carbocycles. The van der Waals surface area contributed by atoms with Gasteiger partial charge in [0, 0.05) is 25.3 Å². The summed E-state index contributed by atoms with van der Waals surface area (Å²) in [7, 11) is 2.73. The van der Waals surface area contributed by atoms with E-state index in [9.17, 15) is 14.4 Å². The number of rotatable bonds is 5. The van der Waals surface area contributed by atoms with Crippen molar-refractivity contribution < 1.29 is 52.4 Å². The van der Waals surface area contributed by atoms with E-state index < -0.39 is 11.9 Å². The topological polar surface area (TPSA) is 85.6 Å². The van der Waals surface area contributed by atoms with Crippen molar-refractivity contribution in [2.45, 2.75) is 6.73 Å². The fourth-order valence-corrected chi connectivity index (χ4v) is 1.27. The summed E-state index contributed by atoms with van der Waals surface area (Å²) in [6.45, 7) is -0.0742. The summed E-state index contributed by atoms with van der Waals surface area (Å²) in [5.74, 6) is -1.57. The minimum atomic E-state index is -0.687. The molecule has 1 aromatic heterocycles. The van der Waals surface area contributed by atoms with E-state index >= 15 is 0 Å². The Bertz CT molecular complexity index is 545. The number of amides is 1. The van der Waals surface area contributed by atoms with E-state index in [2.05, 4.69) is 10.1 Å². The van der Waals surface area contributed by atoms with Crippen LogP contribution < -0.4 is 33.9 Å². The van der Waals surface area contributed by atoms with Crippen LogP contribution in [0.3, 0.4) is 0 Å². The Balaban J connectivity index is 0.00000400. The van der Waals surface area contributed by atoms with Crippen molar-refractivity contribution in [2.75, 3.05) is 14.2 Å². The van der Waals surface area contributed by atoms with Gasteiger partial charge in [-0.05, 0) is 6.07 Å². The maximum Gasteiger partial charge on any atom is 0.335 e. The maximum absolute atomic E-state index is 11.4. The average Bonchev–Trinajstić information content (AvgIpc) is 2.49. The third-order valence-electron chi connectivity index (χ3n) is 2.26. The van der Waals surface area contributed by atoms with Gasteiger partial charge in [-0.25, -0.2) is 9.59 Å². The normalized spacial score (nSPS) is 9.62. The van der Waals surface area contributed by atoms with Crippen LogP contribution in [-0.2, 0) is 25.8 Å². The van der Waals surface area contributed by atoms with Crippen molar-refractivity contribution in [3.63, 3.8) is 0 Å². The number of carbonyl (C=O) groups is 3. The molecule has 0 atom stereocenters. The standard InChI is InChI=1S/C13H14N2O5.HI/c1-14-13(18)10-4-3-7-15(8-10)9-20-12(17)6-5-11(16)19-2;/h3-8H,9H2,1-2H3;1H/b6-5+;. The Morgan fingerprint density at radius 2 is 1.95 bits per heavy atom. The predicted octanol–water partition coefficient (Wildman–Crippen LogP) is -3.43. The minimum absolute atomic E-state index is 0. The summed E-state index contributed by atoms with van der Waals surface area (Å²) in [6.07, 6.45) is 5.11. The molecule has 0 saturated heterocycles. The molecule has 1 N–H and O–H groups in total. The van der Waals surface area contributed by atoms with E-state index in [1.54, 1.807) is 18.3 Å². The van der Waals surface area contributed by atoms with Crippen LogP contribution >= 0.6 is 0 Å². The Hall–Kier alpha value is -1.97. The Kier molecular flexibility index (Phi) is 8.93. The number of carbonyl (C=O) groups excluding carboxylic acids is 3. The second kappa shape index (κ2) is 9.86. The second-order valence-electron chi connectivity index (χ2n) is 3.63. The summed E-state index contributed by atoms with van der Waals surface area (Å²) in [5, 5.41) is 2.49. The number of halogens is 1. The van der Waals surface area contributed by atoms with Crippen LogP contribution in [0.1, 0.15) is 10.4 Å². The minimum Gasteiger partial charge on any atom is -1.00 e. The SMILES string of the molecule is CNC(=O)c1ccc[n+](COC(=O)/C=C/C(=O)OC)c1.[I-]. The zero-order valence-corrected chi connectivity index (χ0v) is 13.7. The summed E-state index contributed by atoms with van der Waals surface area (Å²) >= 11 is 0. The average molecular weight is 406 g/mol. The first-order chi connectivity index (χ1) is 9.56. The van der Waals surface area contributed by atoms with Gasteiger partial charge in [0.2, 0.25) is 0 Å². The van der Waals surface area contributed by atoms with E-state index in [0.717, 1.165) is 12.2 Å². The van der Waals surface area contributed by atoms with Gasteiger partial charge >= 0.3 is 11.9 Å². The highest BCUT2D eigenvalue weighted by Crippen LogP contribution is 1.94. The molecule has 0 aliphatic heterocycles. The Morgan fingerprint density at radius 1 is 1.29 bits per heavy atom. The molecule has 0 fully saturated rings. The Morgan fingerprint density at radius 3 is 2.57 bits per heavy atom. The van der Waals surface area contributed by atoms with Crippen LogP contribution in [0.5, 0.6) is 0 Å². The summed E-state index contributed by atoms with van der Waals surface area (Å²) in [4.78, 5) is 33.5. The molecule has 1 heterocycles. The lowest BCUT2D eigenvalue weighted by Gasteiger charge is -2.00. The molecule has 0 bridgehead atoms. The number of esters is 2. The molecule has 1 rings (SSSR count). The fourth-order valence-electron chi connectivity index (χ4n) is 1.27. The van der Waals surface area contributed by atoms with Gasteiger partial charge in [-0.1, -0.05) is 0 Å². The molecule has 0 spiro atoms. The number of methoxy groups -OCH3 is 1. The first-order valence-corrected chi connectivity index (χ1v) is 5.70. The smallest absolute Gasteiger partial charge is 0.335 e. The van der Waals surface area contributed by atoms with Crippen LogP contribution in [0.4, 0.5) is 0 Å². The number of nitrogens with zero attached hydrogens (tertiary/aromatic N) is 1. The van der Waals surface area contributed by atoms with Crippen molar-refractivity contribution in [3.8, 4) is 0 Å². The molecular weight excluding hydrogens is 391 g/mol. The highest BCUT2D eigenvalue weighted by molar-refractivity contribution is 5.93. The number of nitrogens with one attached hydrogen (secondary N) is 1. The molecule has 21 heavy (non-hydrogen) atoms. The molecule has 0 aliphatic carbocycles. The molecule has 8 heteroatoms. The molecular formula is C13H15IN2O5. The van der Waals surface area contributed by atoms with Crippen molar-refractivity contribution >= 4 is 17.8 Å². The predicted molar refractivity (Wildman–Crippen MR) is 67.3 cm³/mol. The number of hydrogen-bond donors (Lipinski definition) is 1. The zero-order valence-electron chi connectivity index (χ0n) is 11.5. The molecule has 114 valence electrons. The van der Waals surface area contributed by atoms with E-state index in [0.29, 0.717) is 5.56 Å². The van der Waals surface area contributed by atoms with Crippen molar-refractivity contribution in [3.05, 3.63) is 42.2 Å². The largest absolute Gasteiger partial charge is 1.00 e. The molecule has 1 amide bonds. The molecule has 0 radical (unpaired) electrons. The van der Waals surface area contributed by atoms with Crippen LogP contribution in [0.25, 0.3) is 0 Å². The summed E-state index contributed by atoms with van der Waals surface area (Å²) in [5.41, 5.74) is 0.441. The van der Waals surface area contributed by atoms with Crippen molar-refractivity contribution in [2.24, 2.45) is 0 Å². The van der Waals surface area contributed by atoms with Gasteiger partial charge in [0.15, 0.2) is 12.4 Å². The quantitative estimate of drug-likeness (QED) is 0.238. The highest BCUT2D eigenvalue weighted by Gasteiger charge is 2.10. The van der Waals surface area contributed by atoms with Crippen molar-refractivity contribution in [1.82, 2.24) is 5.32 Å².